The lowest BCUT2D eigenvalue weighted by Crippen LogP contribution is -2.03. The summed E-state index contributed by atoms with van der Waals surface area (Å²) in [6.45, 7) is 2.76. The SMILES string of the molecule is CCCOc1nc(N)nc2c1ncn2/C=C1/C[C@@H]1CO. The van der Waals surface area contributed by atoms with Crippen molar-refractivity contribution >= 4 is 23.3 Å². The molecule has 0 saturated heterocycles. The highest BCUT2D eigenvalue weighted by Gasteiger charge is 2.29. The third kappa shape index (κ3) is 2.32. The fourth-order valence-corrected chi connectivity index (χ4v) is 2.04. The normalized spacial score (nSPS) is 19.7. The van der Waals surface area contributed by atoms with Gasteiger partial charge in [-0.15, -0.1) is 0 Å². The number of aromatic nitrogens is 4. The van der Waals surface area contributed by atoms with Crippen LogP contribution in [0.3, 0.4) is 0 Å². The Hall–Kier alpha value is -2.15. The molecule has 0 aliphatic heterocycles. The van der Waals surface area contributed by atoms with Gasteiger partial charge in [0.15, 0.2) is 11.2 Å². The first-order valence-electron chi connectivity index (χ1n) is 6.67. The van der Waals surface area contributed by atoms with E-state index in [9.17, 15) is 0 Å². The first-order valence-corrected chi connectivity index (χ1v) is 6.67. The molecule has 0 aromatic carbocycles. The molecule has 2 aromatic heterocycles. The number of hydrogen-bond donors (Lipinski definition) is 2. The fraction of sp³-hybridized carbons (Fsp3) is 0.462. The molecule has 0 bridgehead atoms. The molecule has 7 heteroatoms. The Bertz CT molecular complexity index is 664. The van der Waals surface area contributed by atoms with E-state index in [2.05, 4.69) is 15.0 Å². The van der Waals surface area contributed by atoms with Crippen LogP contribution in [0, 0.1) is 5.92 Å². The monoisotopic (exact) mass is 275 g/mol. The number of aliphatic hydroxyl groups is 1. The van der Waals surface area contributed by atoms with Crippen molar-refractivity contribution in [1.82, 2.24) is 19.5 Å². The number of imidazole rings is 1. The minimum absolute atomic E-state index is 0.165. The maximum atomic E-state index is 9.07. The van der Waals surface area contributed by atoms with Gasteiger partial charge in [-0.05, 0) is 18.4 Å². The summed E-state index contributed by atoms with van der Waals surface area (Å²) in [6, 6.07) is 0. The van der Waals surface area contributed by atoms with Crippen LogP contribution in [0.1, 0.15) is 19.8 Å². The highest BCUT2D eigenvalue weighted by atomic mass is 16.5. The summed E-state index contributed by atoms with van der Waals surface area (Å²) in [5.74, 6) is 0.849. The maximum absolute atomic E-state index is 9.07. The molecule has 0 unspecified atom stereocenters. The first-order chi connectivity index (χ1) is 9.72. The quantitative estimate of drug-likeness (QED) is 0.846. The van der Waals surface area contributed by atoms with Crippen LogP contribution in [0.5, 0.6) is 5.88 Å². The van der Waals surface area contributed by atoms with E-state index in [1.807, 2.05) is 13.1 Å². The van der Waals surface area contributed by atoms with E-state index in [-0.39, 0.29) is 18.5 Å². The van der Waals surface area contributed by atoms with Crippen molar-refractivity contribution in [2.75, 3.05) is 18.9 Å². The highest BCUT2D eigenvalue weighted by Crippen LogP contribution is 2.38. The van der Waals surface area contributed by atoms with Crippen molar-refractivity contribution in [3.05, 3.63) is 11.9 Å². The topological polar surface area (TPSA) is 99.1 Å². The zero-order valence-corrected chi connectivity index (χ0v) is 11.3. The minimum Gasteiger partial charge on any atom is -0.476 e. The first kappa shape index (κ1) is 12.9. The van der Waals surface area contributed by atoms with Gasteiger partial charge in [0.25, 0.3) is 0 Å². The fourth-order valence-electron chi connectivity index (χ4n) is 2.04. The minimum atomic E-state index is 0.165. The molecule has 1 fully saturated rings. The molecule has 0 spiro atoms. The number of nitrogens with zero attached hydrogens (tertiary/aromatic N) is 4. The van der Waals surface area contributed by atoms with Crippen LogP contribution >= 0.6 is 0 Å². The summed E-state index contributed by atoms with van der Waals surface area (Å²) >= 11 is 0. The number of anilines is 1. The van der Waals surface area contributed by atoms with Crippen molar-refractivity contribution in [3.8, 4) is 5.88 Å². The summed E-state index contributed by atoms with van der Waals surface area (Å²) < 4.78 is 7.36. The number of fused-ring (bicyclic) bond motifs is 1. The lowest BCUT2D eigenvalue weighted by atomic mass is 10.4. The van der Waals surface area contributed by atoms with Gasteiger partial charge in [-0.3, -0.25) is 4.57 Å². The molecule has 1 atom stereocenters. The van der Waals surface area contributed by atoms with Gasteiger partial charge in [-0.25, -0.2) is 4.98 Å². The average Bonchev–Trinajstić information content (AvgIpc) is 3.08. The Morgan fingerprint density at radius 1 is 1.55 bits per heavy atom. The molecule has 1 aliphatic carbocycles. The van der Waals surface area contributed by atoms with Crippen molar-refractivity contribution in [1.29, 1.82) is 0 Å². The van der Waals surface area contributed by atoms with Crippen LogP contribution in [0.15, 0.2) is 11.9 Å². The van der Waals surface area contributed by atoms with Crippen molar-refractivity contribution in [2.45, 2.75) is 19.8 Å². The van der Waals surface area contributed by atoms with Crippen LogP contribution < -0.4 is 10.5 Å². The molecule has 2 aromatic rings. The van der Waals surface area contributed by atoms with Gasteiger partial charge in [0.05, 0.1) is 6.61 Å². The Morgan fingerprint density at radius 2 is 2.40 bits per heavy atom. The van der Waals surface area contributed by atoms with Crippen LogP contribution in [-0.2, 0) is 0 Å². The predicted octanol–water partition coefficient (Wildman–Crippen LogP) is 1.05. The van der Waals surface area contributed by atoms with Gasteiger partial charge < -0.3 is 15.6 Å². The number of rotatable bonds is 5. The third-order valence-corrected chi connectivity index (χ3v) is 3.22. The van der Waals surface area contributed by atoms with E-state index < -0.39 is 0 Å². The largest absolute Gasteiger partial charge is 0.476 e. The summed E-state index contributed by atoms with van der Waals surface area (Å²) in [6.07, 6.45) is 5.40. The van der Waals surface area contributed by atoms with Gasteiger partial charge in [0, 0.05) is 18.7 Å². The lowest BCUT2D eigenvalue weighted by Gasteiger charge is -2.04. The smallest absolute Gasteiger partial charge is 0.247 e. The van der Waals surface area contributed by atoms with Gasteiger partial charge in [0.2, 0.25) is 11.8 Å². The van der Waals surface area contributed by atoms with Gasteiger partial charge in [0.1, 0.15) is 6.33 Å². The van der Waals surface area contributed by atoms with E-state index in [4.69, 9.17) is 15.6 Å². The Balaban J connectivity index is 1.99. The zero-order chi connectivity index (χ0) is 14.1. The summed E-state index contributed by atoms with van der Waals surface area (Å²) in [7, 11) is 0. The third-order valence-electron chi connectivity index (χ3n) is 3.22. The molecule has 1 aliphatic rings. The Morgan fingerprint density at radius 3 is 3.10 bits per heavy atom. The van der Waals surface area contributed by atoms with Crippen LogP contribution in [0.4, 0.5) is 5.95 Å². The van der Waals surface area contributed by atoms with Gasteiger partial charge >= 0.3 is 0 Å². The number of hydrogen-bond acceptors (Lipinski definition) is 6. The van der Waals surface area contributed by atoms with E-state index in [0.717, 1.165) is 12.8 Å². The van der Waals surface area contributed by atoms with Crippen molar-refractivity contribution in [3.63, 3.8) is 0 Å². The van der Waals surface area contributed by atoms with Crippen LogP contribution in [0.2, 0.25) is 0 Å². The zero-order valence-electron chi connectivity index (χ0n) is 11.3. The van der Waals surface area contributed by atoms with E-state index in [1.54, 1.807) is 10.9 Å². The van der Waals surface area contributed by atoms with Crippen LogP contribution in [0.25, 0.3) is 17.4 Å². The van der Waals surface area contributed by atoms with Gasteiger partial charge in [-0.2, -0.15) is 9.97 Å². The Labute approximate surface area is 116 Å². The Kier molecular flexibility index (Phi) is 3.27. The standard InChI is InChI=1S/C13H17N5O2/c1-2-3-20-12-10-11(16-13(14)17-12)18(7-15-10)5-8-4-9(8)6-19/h5,7,9,19H,2-4,6H2,1H3,(H2,14,16,17)/b8-5-/t9-/m1/s1. The molecule has 0 radical (unpaired) electrons. The second-order valence-electron chi connectivity index (χ2n) is 4.85. The average molecular weight is 275 g/mol. The molecular weight excluding hydrogens is 258 g/mol. The number of aliphatic hydroxyl groups excluding tert-OH is 1. The highest BCUT2D eigenvalue weighted by molar-refractivity contribution is 5.79. The van der Waals surface area contributed by atoms with Crippen molar-refractivity contribution < 1.29 is 9.84 Å². The molecule has 0 amide bonds. The maximum Gasteiger partial charge on any atom is 0.247 e. The number of nitrogens with two attached hydrogens (primary N) is 1. The summed E-state index contributed by atoms with van der Waals surface area (Å²) in [5, 5.41) is 9.07. The predicted molar refractivity (Wildman–Crippen MR) is 75.0 cm³/mol. The second kappa shape index (κ2) is 5.09. The molecule has 7 nitrogen and oxygen atoms in total. The van der Waals surface area contributed by atoms with E-state index in [0.29, 0.717) is 23.7 Å². The van der Waals surface area contributed by atoms with Crippen molar-refractivity contribution in [2.24, 2.45) is 5.92 Å². The van der Waals surface area contributed by atoms with E-state index in [1.165, 1.54) is 5.57 Å². The van der Waals surface area contributed by atoms with E-state index >= 15 is 0 Å². The number of ether oxygens (including phenoxy) is 1. The van der Waals surface area contributed by atoms with Gasteiger partial charge in [-0.1, -0.05) is 6.92 Å². The molecule has 3 N–H and O–H groups in total. The molecule has 3 rings (SSSR count). The lowest BCUT2D eigenvalue weighted by molar-refractivity contribution is 0.281. The summed E-state index contributed by atoms with van der Waals surface area (Å²) in [4.78, 5) is 12.6. The molecule has 20 heavy (non-hydrogen) atoms. The molecule has 1 saturated carbocycles. The van der Waals surface area contributed by atoms with Crippen LogP contribution in [-0.4, -0.2) is 37.8 Å². The summed E-state index contributed by atoms with van der Waals surface area (Å²) in [5.41, 5.74) is 8.13. The molecule has 2 heterocycles. The number of nitrogen functional groups attached to an aromatic ring is 1. The molecular formula is C13H17N5O2. The second-order valence-corrected chi connectivity index (χ2v) is 4.85. The molecule has 106 valence electrons.